The lowest BCUT2D eigenvalue weighted by atomic mass is 10.1. The predicted molar refractivity (Wildman–Crippen MR) is 90.4 cm³/mol. The Kier molecular flexibility index (Phi) is 5.76. The van der Waals surface area contributed by atoms with Crippen LogP contribution in [-0.4, -0.2) is 72.0 Å². The molecule has 0 aromatic heterocycles. The maximum absolute atomic E-state index is 14.0. The van der Waals surface area contributed by atoms with Gasteiger partial charge in [0.05, 0.1) is 10.5 Å². The van der Waals surface area contributed by atoms with E-state index in [1.165, 1.54) is 44.1 Å². The van der Waals surface area contributed by atoms with Gasteiger partial charge >= 0.3 is 0 Å². The highest BCUT2D eigenvalue weighted by Gasteiger charge is 2.23. The molecule has 0 bridgehead atoms. The van der Waals surface area contributed by atoms with Crippen molar-refractivity contribution < 1.29 is 9.31 Å². The minimum Gasteiger partial charge on any atom is -0.302 e. The van der Waals surface area contributed by atoms with Crippen LogP contribution in [0.15, 0.2) is 18.2 Å². The molecule has 2 heterocycles. The van der Waals surface area contributed by atoms with Crippen molar-refractivity contribution >= 4 is 5.69 Å². The number of likely N-dealkylation sites (tertiary alicyclic amines) is 1. The van der Waals surface area contributed by atoms with E-state index in [0.29, 0.717) is 6.54 Å². The molecule has 2 aliphatic heterocycles. The molecule has 2 saturated heterocycles. The lowest BCUT2D eigenvalue weighted by Gasteiger charge is -2.35. The Morgan fingerprint density at radius 3 is 2.17 bits per heavy atom. The van der Waals surface area contributed by atoms with Gasteiger partial charge in [0, 0.05) is 51.9 Å². The summed E-state index contributed by atoms with van der Waals surface area (Å²) < 4.78 is 14.0. The van der Waals surface area contributed by atoms with Crippen molar-refractivity contribution in [2.75, 3.05) is 52.4 Å². The highest BCUT2D eigenvalue weighted by Crippen LogP contribution is 2.23. The standard InChI is InChI=1S/C17H25FN4O2/c18-16-4-3-5-17(22(23)24)15(16)14-21-12-10-20(11-13-21)9-8-19-6-1-2-7-19/h3-5H,1-2,6-14H2. The highest BCUT2D eigenvalue weighted by molar-refractivity contribution is 5.40. The van der Waals surface area contributed by atoms with Crippen LogP contribution in [0.4, 0.5) is 10.1 Å². The van der Waals surface area contributed by atoms with Gasteiger partial charge in [0.25, 0.3) is 5.69 Å². The van der Waals surface area contributed by atoms with Crippen LogP contribution in [0.3, 0.4) is 0 Å². The molecule has 0 N–H and O–H groups in total. The summed E-state index contributed by atoms with van der Waals surface area (Å²) in [5.74, 6) is -0.485. The first kappa shape index (κ1) is 17.3. The summed E-state index contributed by atoms with van der Waals surface area (Å²) in [6.45, 7) is 8.48. The summed E-state index contributed by atoms with van der Waals surface area (Å²) in [4.78, 5) is 17.6. The zero-order valence-corrected chi connectivity index (χ0v) is 14.0. The van der Waals surface area contributed by atoms with Crippen molar-refractivity contribution in [1.29, 1.82) is 0 Å². The maximum Gasteiger partial charge on any atom is 0.276 e. The summed E-state index contributed by atoms with van der Waals surface area (Å²) >= 11 is 0. The van der Waals surface area contributed by atoms with E-state index in [9.17, 15) is 14.5 Å². The van der Waals surface area contributed by atoms with Gasteiger partial charge in [-0.25, -0.2) is 4.39 Å². The van der Waals surface area contributed by atoms with Crippen LogP contribution in [0.2, 0.25) is 0 Å². The van der Waals surface area contributed by atoms with Crippen molar-refractivity contribution in [1.82, 2.24) is 14.7 Å². The molecule has 0 radical (unpaired) electrons. The van der Waals surface area contributed by atoms with Crippen LogP contribution in [0.25, 0.3) is 0 Å². The maximum atomic E-state index is 14.0. The lowest BCUT2D eigenvalue weighted by molar-refractivity contribution is -0.386. The fraction of sp³-hybridized carbons (Fsp3) is 0.647. The monoisotopic (exact) mass is 336 g/mol. The molecule has 2 fully saturated rings. The molecule has 0 saturated carbocycles. The second-order valence-electron chi connectivity index (χ2n) is 6.66. The van der Waals surface area contributed by atoms with Crippen molar-refractivity contribution in [2.45, 2.75) is 19.4 Å². The molecule has 0 amide bonds. The molecule has 0 spiro atoms. The minimum absolute atomic E-state index is 0.119. The Balaban J connectivity index is 1.49. The van der Waals surface area contributed by atoms with Crippen LogP contribution >= 0.6 is 0 Å². The molecule has 0 unspecified atom stereocenters. The molecule has 132 valence electrons. The molecule has 1 aromatic rings. The minimum atomic E-state index is -0.495. The molecule has 2 aliphatic rings. The van der Waals surface area contributed by atoms with E-state index in [1.54, 1.807) is 0 Å². The molecule has 1 aromatic carbocycles. The first-order valence-corrected chi connectivity index (χ1v) is 8.72. The number of benzene rings is 1. The van der Waals surface area contributed by atoms with Gasteiger partial charge in [-0.3, -0.25) is 19.9 Å². The molecule has 7 heteroatoms. The number of hydrogen-bond acceptors (Lipinski definition) is 5. The number of nitrogens with zero attached hydrogens (tertiary/aromatic N) is 4. The zero-order valence-electron chi connectivity index (χ0n) is 14.0. The van der Waals surface area contributed by atoms with E-state index in [4.69, 9.17) is 0 Å². The van der Waals surface area contributed by atoms with Crippen LogP contribution in [0.5, 0.6) is 0 Å². The zero-order chi connectivity index (χ0) is 16.9. The second kappa shape index (κ2) is 8.00. The van der Waals surface area contributed by atoms with E-state index >= 15 is 0 Å². The fourth-order valence-corrected chi connectivity index (χ4v) is 3.56. The van der Waals surface area contributed by atoms with Crippen LogP contribution in [-0.2, 0) is 6.54 Å². The predicted octanol–water partition coefficient (Wildman–Crippen LogP) is 1.95. The van der Waals surface area contributed by atoms with Crippen molar-refractivity contribution in [3.8, 4) is 0 Å². The lowest BCUT2D eigenvalue weighted by Crippen LogP contribution is -2.48. The van der Waals surface area contributed by atoms with Crippen LogP contribution in [0.1, 0.15) is 18.4 Å². The van der Waals surface area contributed by atoms with E-state index in [-0.39, 0.29) is 11.3 Å². The SMILES string of the molecule is O=[N+]([O-])c1cccc(F)c1CN1CCN(CCN2CCCC2)CC1. The van der Waals surface area contributed by atoms with Crippen molar-refractivity contribution in [3.63, 3.8) is 0 Å². The van der Waals surface area contributed by atoms with Crippen molar-refractivity contribution in [2.24, 2.45) is 0 Å². The van der Waals surface area contributed by atoms with Gasteiger partial charge in [0.15, 0.2) is 0 Å². The normalized spacial score (nSPS) is 20.5. The first-order valence-electron chi connectivity index (χ1n) is 8.72. The third-order valence-corrected chi connectivity index (χ3v) is 5.07. The van der Waals surface area contributed by atoms with Gasteiger partial charge < -0.3 is 4.90 Å². The topological polar surface area (TPSA) is 52.9 Å². The summed E-state index contributed by atoms with van der Waals surface area (Å²) in [6, 6.07) is 4.08. The van der Waals surface area contributed by atoms with Gasteiger partial charge in [-0.2, -0.15) is 0 Å². The average Bonchev–Trinajstić information content (AvgIpc) is 3.09. The van der Waals surface area contributed by atoms with Gasteiger partial charge in [0.1, 0.15) is 5.82 Å². The molecule has 0 atom stereocenters. The van der Waals surface area contributed by atoms with E-state index in [1.807, 2.05) is 0 Å². The van der Waals surface area contributed by atoms with Crippen molar-refractivity contribution in [3.05, 3.63) is 39.7 Å². The Bertz CT molecular complexity index is 570. The van der Waals surface area contributed by atoms with E-state index in [2.05, 4.69) is 14.7 Å². The molecule has 6 nitrogen and oxygen atoms in total. The first-order chi connectivity index (χ1) is 11.6. The molecule has 24 heavy (non-hydrogen) atoms. The number of nitro groups is 1. The van der Waals surface area contributed by atoms with Gasteiger partial charge in [-0.1, -0.05) is 6.07 Å². The van der Waals surface area contributed by atoms with Crippen LogP contribution in [0, 0.1) is 15.9 Å². The van der Waals surface area contributed by atoms with E-state index in [0.717, 1.165) is 39.3 Å². The Labute approximate surface area is 142 Å². The van der Waals surface area contributed by atoms with Gasteiger partial charge in [0.2, 0.25) is 0 Å². The second-order valence-corrected chi connectivity index (χ2v) is 6.66. The number of piperazine rings is 1. The smallest absolute Gasteiger partial charge is 0.276 e. The summed E-state index contributed by atoms with van der Waals surface area (Å²) in [6.07, 6.45) is 2.63. The Hall–Kier alpha value is -1.57. The third kappa shape index (κ3) is 4.28. The highest BCUT2D eigenvalue weighted by atomic mass is 19.1. The number of rotatable bonds is 6. The molecule has 0 aliphatic carbocycles. The van der Waals surface area contributed by atoms with Crippen LogP contribution < -0.4 is 0 Å². The third-order valence-electron chi connectivity index (χ3n) is 5.07. The number of nitro benzene ring substituents is 1. The molecule has 3 rings (SSSR count). The van der Waals surface area contributed by atoms with E-state index < -0.39 is 10.7 Å². The van der Waals surface area contributed by atoms with Gasteiger partial charge in [-0.05, 0) is 32.0 Å². The fourth-order valence-electron chi connectivity index (χ4n) is 3.56. The average molecular weight is 336 g/mol. The molecular weight excluding hydrogens is 311 g/mol. The quantitative estimate of drug-likeness (QED) is 0.587. The summed E-state index contributed by atoms with van der Waals surface area (Å²) in [5.41, 5.74) is 0.0829. The molecular formula is C17H25FN4O2. The summed E-state index contributed by atoms with van der Waals surface area (Å²) in [5, 5.41) is 11.1. The number of hydrogen-bond donors (Lipinski definition) is 0. The largest absolute Gasteiger partial charge is 0.302 e. The summed E-state index contributed by atoms with van der Waals surface area (Å²) in [7, 11) is 0. The Morgan fingerprint density at radius 1 is 0.958 bits per heavy atom. The van der Waals surface area contributed by atoms with Gasteiger partial charge in [-0.15, -0.1) is 0 Å². The Morgan fingerprint density at radius 2 is 1.54 bits per heavy atom. The number of halogens is 1.